The van der Waals surface area contributed by atoms with E-state index in [4.69, 9.17) is 22.9 Å². The molecule has 0 amide bonds. The Hall–Kier alpha value is -1.92. The van der Waals surface area contributed by atoms with Crippen molar-refractivity contribution in [3.63, 3.8) is 0 Å². The van der Waals surface area contributed by atoms with E-state index in [1.807, 2.05) is 18.2 Å². The molecule has 0 bridgehead atoms. The Labute approximate surface area is 167 Å². The summed E-state index contributed by atoms with van der Waals surface area (Å²) in [6.07, 6.45) is 1.54. The van der Waals surface area contributed by atoms with E-state index < -0.39 is 0 Å². The van der Waals surface area contributed by atoms with Gasteiger partial charge in [0.1, 0.15) is 6.33 Å². The molecule has 132 valence electrons. The van der Waals surface area contributed by atoms with E-state index in [2.05, 4.69) is 40.9 Å². The largest absolute Gasteiger partial charge is 0.378 e. The Morgan fingerprint density at radius 2 is 2.15 bits per heavy atom. The molecule has 0 atom stereocenters. The number of nitrogens with one attached hydrogen (secondary N) is 1. The number of morpholine rings is 1. The van der Waals surface area contributed by atoms with Gasteiger partial charge in [0, 0.05) is 28.1 Å². The van der Waals surface area contributed by atoms with Gasteiger partial charge in [-0.25, -0.2) is 4.85 Å². The summed E-state index contributed by atoms with van der Waals surface area (Å²) in [4.78, 5) is 9.97. The van der Waals surface area contributed by atoms with Crippen LogP contribution in [0, 0.1) is 6.57 Å². The molecule has 4 rings (SSSR count). The van der Waals surface area contributed by atoms with Crippen LogP contribution in [0.4, 0.5) is 10.7 Å². The molecule has 1 aromatic carbocycles. The number of rotatable bonds is 3. The second-order valence-corrected chi connectivity index (χ2v) is 7.95. The summed E-state index contributed by atoms with van der Waals surface area (Å²) >= 11 is 11.5. The Kier molecular flexibility index (Phi) is 4.96. The molecule has 0 radical (unpaired) electrons. The van der Waals surface area contributed by atoms with E-state index in [0.29, 0.717) is 29.7 Å². The van der Waals surface area contributed by atoms with Gasteiger partial charge in [0.15, 0.2) is 5.82 Å². The van der Waals surface area contributed by atoms with Gasteiger partial charge in [0.05, 0.1) is 29.7 Å². The van der Waals surface area contributed by atoms with E-state index in [1.54, 1.807) is 0 Å². The molecule has 0 spiro atoms. The highest BCUT2D eigenvalue weighted by Gasteiger charge is 2.27. The zero-order chi connectivity index (χ0) is 18.1. The average molecular weight is 451 g/mol. The Bertz CT molecular complexity index is 976. The fraction of sp³-hybridized carbons (Fsp3) is 0.235. The number of H-pyrrole nitrogens is 1. The van der Waals surface area contributed by atoms with E-state index in [9.17, 15) is 0 Å². The number of thiophene rings is 1. The minimum Gasteiger partial charge on any atom is -0.378 e. The molecule has 1 aliphatic rings. The fourth-order valence-corrected chi connectivity index (χ4v) is 4.94. The molecule has 0 aliphatic carbocycles. The van der Waals surface area contributed by atoms with Crippen molar-refractivity contribution in [1.29, 1.82) is 0 Å². The third-order valence-corrected chi connectivity index (χ3v) is 6.16. The van der Waals surface area contributed by atoms with E-state index in [-0.39, 0.29) is 0 Å². The lowest BCUT2D eigenvalue weighted by Gasteiger charge is -2.28. The molecule has 2 aromatic heterocycles. The van der Waals surface area contributed by atoms with Gasteiger partial charge in [-0.3, -0.25) is 0 Å². The first kappa shape index (κ1) is 17.5. The van der Waals surface area contributed by atoms with Crippen LogP contribution >= 0.6 is 38.9 Å². The van der Waals surface area contributed by atoms with Crippen molar-refractivity contribution in [2.45, 2.75) is 0 Å². The van der Waals surface area contributed by atoms with Crippen molar-refractivity contribution in [3.8, 4) is 21.8 Å². The van der Waals surface area contributed by atoms with Gasteiger partial charge >= 0.3 is 0 Å². The number of ether oxygens (including phenoxy) is 1. The van der Waals surface area contributed by atoms with Gasteiger partial charge in [-0.15, -0.1) is 21.5 Å². The van der Waals surface area contributed by atoms with Crippen LogP contribution in [0.25, 0.3) is 26.7 Å². The number of hydrogen-bond donors (Lipinski definition) is 1. The molecule has 1 saturated heterocycles. The predicted molar refractivity (Wildman–Crippen MR) is 107 cm³/mol. The van der Waals surface area contributed by atoms with Gasteiger partial charge in [0.25, 0.3) is 0 Å². The lowest BCUT2D eigenvalue weighted by molar-refractivity contribution is 0.123. The second kappa shape index (κ2) is 7.37. The van der Waals surface area contributed by atoms with Crippen molar-refractivity contribution >= 4 is 49.6 Å². The normalized spacial score (nSPS) is 14.4. The summed E-state index contributed by atoms with van der Waals surface area (Å²) in [6.45, 7) is 10.6. The predicted octanol–water partition coefficient (Wildman–Crippen LogP) is 5.00. The molecule has 0 unspecified atom stereocenters. The molecule has 1 fully saturated rings. The fourth-order valence-electron chi connectivity index (χ4n) is 2.92. The van der Waals surface area contributed by atoms with Crippen molar-refractivity contribution < 1.29 is 4.74 Å². The van der Waals surface area contributed by atoms with Gasteiger partial charge in [-0.2, -0.15) is 0 Å². The van der Waals surface area contributed by atoms with Crippen molar-refractivity contribution in [2.75, 3.05) is 31.2 Å². The number of benzene rings is 1. The van der Waals surface area contributed by atoms with Gasteiger partial charge in [-0.05, 0) is 17.7 Å². The third kappa shape index (κ3) is 3.12. The number of nitrogens with zero attached hydrogens (tertiary/aromatic N) is 4. The topological polar surface area (TPSA) is 58.4 Å². The van der Waals surface area contributed by atoms with Crippen molar-refractivity contribution in [1.82, 2.24) is 15.2 Å². The van der Waals surface area contributed by atoms with E-state index in [1.165, 1.54) is 17.7 Å². The minimum absolute atomic E-state index is 0.580. The van der Waals surface area contributed by atoms with E-state index in [0.717, 1.165) is 38.6 Å². The lowest BCUT2D eigenvalue weighted by Crippen LogP contribution is -2.35. The molecule has 9 heteroatoms. The van der Waals surface area contributed by atoms with Gasteiger partial charge in [-0.1, -0.05) is 33.6 Å². The smallest absolute Gasteiger partial charge is 0.229 e. The molecule has 0 saturated carbocycles. The summed E-state index contributed by atoms with van der Waals surface area (Å²) in [5.41, 5.74) is 2.19. The summed E-state index contributed by atoms with van der Waals surface area (Å²) < 4.78 is 6.34. The number of hydrogen-bond acceptors (Lipinski definition) is 5. The van der Waals surface area contributed by atoms with Crippen LogP contribution < -0.4 is 4.90 Å². The Morgan fingerprint density at radius 1 is 1.35 bits per heavy atom. The SMILES string of the molecule is [C-]#[N+]c1c(N2CCOCC2)sc(-c2nnc[nH]2)c1-c1ccc(Br)cc1Cl. The number of anilines is 1. The average Bonchev–Trinajstić information content (AvgIpc) is 3.30. The van der Waals surface area contributed by atoms with Crippen LogP contribution in [0.3, 0.4) is 0 Å². The van der Waals surface area contributed by atoms with Gasteiger partial charge < -0.3 is 14.6 Å². The molecule has 1 aliphatic heterocycles. The number of aromatic nitrogens is 3. The second-order valence-electron chi connectivity index (χ2n) is 5.63. The summed E-state index contributed by atoms with van der Waals surface area (Å²) in [7, 11) is 0. The third-order valence-electron chi connectivity index (χ3n) is 4.11. The first-order valence-corrected chi connectivity index (χ1v) is 9.86. The highest BCUT2D eigenvalue weighted by Crippen LogP contribution is 2.53. The first-order chi connectivity index (χ1) is 12.7. The van der Waals surface area contributed by atoms with Crippen LogP contribution in [0.5, 0.6) is 0 Å². The Morgan fingerprint density at radius 3 is 2.81 bits per heavy atom. The van der Waals surface area contributed by atoms with Gasteiger partial charge in [0.2, 0.25) is 5.69 Å². The van der Waals surface area contributed by atoms with Crippen LogP contribution in [0.1, 0.15) is 0 Å². The van der Waals surface area contributed by atoms with Crippen LogP contribution in [0.15, 0.2) is 29.0 Å². The van der Waals surface area contributed by atoms with Crippen LogP contribution in [0.2, 0.25) is 5.02 Å². The van der Waals surface area contributed by atoms with Crippen LogP contribution in [-0.4, -0.2) is 41.5 Å². The first-order valence-electron chi connectivity index (χ1n) is 7.88. The highest BCUT2D eigenvalue weighted by molar-refractivity contribution is 9.10. The summed E-state index contributed by atoms with van der Waals surface area (Å²) in [6, 6.07) is 5.68. The maximum absolute atomic E-state index is 7.82. The molecular formula is C17H13BrClN5OS. The van der Waals surface area contributed by atoms with E-state index >= 15 is 0 Å². The molecule has 1 N–H and O–H groups in total. The molecule has 26 heavy (non-hydrogen) atoms. The lowest BCUT2D eigenvalue weighted by atomic mass is 10.0. The standard InChI is InChI=1S/C17H13BrClN5OS/c1-20-14-13(11-3-2-10(18)8-12(11)19)15(16-21-9-22-23-16)26-17(14)24-4-6-25-7-5-24/h2-3,8-9H,4-7H2,(H,21,22,23). The molecular weight excluding hydrogens is 438 g/mol. The zero-order valence-electron chi connectivity index (χ0n) is 13.5. The van der Waals surface area contributed by atoms with Crippen molar-refractivity contribution in [3.05, 3.63) is 45.4 Å². The Balaban J connectivity index is 1.95. The summed E-state index contributed by atoms with van der Waals surface area (Å²) in [5.74, 6) is 0.633. The zero-order valence-corrected chi connectivity index (χ0v) is 16.7. The molecule has 6 nitrogen and oxygen atoms in total. The summed E-state index contributed by atoms with van der Waals surface area (Å²) in [5, 5.41) is 9.56. The maximum atomic E-state index is 7.82. The number of aromatic amines is 1. The molecule has 3 aromatic rings. The minimum atomic E-state index is 0.580. The monoisotopic (exact) mass is 449 g/mol. The van der Waals surface area contributed by atoms with Crippen LogP contribution in [-0.2, 0) is 4.74 Å². The maximum Gasteiger partial charge on any atom is 0.229 e. The highest BCUT2D eigenvalue weighted by atomic mass is 79.9. The molecule has 3 heterocycles. The number of halogens is 2. The van der Waals surface area contributed by atoms with Crippen molar-refractivity contribution in [2.24, 2.45) is 0 Å². The quantitative estimate of drug-likeness (QED) is 0.570.